The van der Waals surface area contributed by atoms with Crippen LogP contribution in [0.2, 0.25) is 0 Å². The first-order valence-corrected chi connectivity index (χ1v) is 13.0. The maximum atomic E-state index is 12.1. The molecule has 0 saturated heterocycles. The Labute approximate surface area is 112 Å². The van der Waals surface area contributed by atoms with Crippen LogP contribution in [0.5, 0.6) is 0 Å². The van der Waals surface area contributed by atoms with Crippen LogP contribution >= 0.6 is 33.3 Å². The molecule has 0 aromatic carbocycles. The summed E-state index contributed by atoms with van der Waals surface area (Å²) in [4.78, 5) is 12.1. The normalized spacial score (nSPS) is 19.7. The number of hydrogen-bond acceptors (Lipinski definition) is 5. The molecule has 1 aromatic rings. The summed E-state index contributed by atoms with van der Waals surface area (Å²) in [5.41, 5.74) is 0.0968. The highest BCUT2D eigenvalue weighted by Crippen LogP contribution is 2.66. The molecule has 2 heterocycles. The lowest BCUT2D eigenvalue weighted by atomic mass is 10.4. The summed E-state index contributed by atoms with van der Waals surface area (Å²) in [6.07, 6.45) is 0.573. The molecule has 100 valence electrons. The first-order valence-electron chi connectivity index (χ1n) is 4.99. The molecule has 1 aliphatic rings. The highest BCUT2D eigenvalue weighted by Gasteiger charge is 2.46. The van der Waals surface area contributed by atoms with Gasteiger partial charge in [0.1, 0.15) is 0 Å². The molecule has 12 heteroatoms. The summed E-state index contributed by atoms with van der Waals surface area (Å²) in [5, 5.41) is 7.24. The second-order valence-electron chi connectivity index (χ2n) is 3.49. The van der Waals surface area contributed by atoms with Gasteiger partial charge in [0.2, 0.25) is 5.03 Å². The minimum Gasteiger partial charge on any atom is -0.266 e. The Hall–Kier alpha value is 0.280. The van der Waals surface area contributed by atoms with Crippen LogP contribution in [0.25, 0.3) is 0 Å². The number of fused-ring (bicyclic) bond motifs is 1. The Bertz CT molecular complexity index is 588. The summed E-state index contributed by atoms with van der Waals surface area (Å²) in [6, 6.07) is 0. The van der Waals surface area contributed by atoms with Crippen molar-refractivity contribution in [2.24, 2.45) is 0 Å². The molecular formula is C6H12N4O3P4S. The topological polar surface area (TPSA) is 85.2 Å². The number of carbonyl (C=O) groups excluding carboxylic acids is 1. The van der Waals surface area contributed by atoms with E-state index in [9.17, 15) is 13.2 Å². The molecule has 0 bridgehead atoms. The molecule has 1 aromatic heterocycles. The van der Waals surface area contributed by atoms with E-state index in [-0.39, 0.29) is 17.3 Å². The van der Waals surface area contributed by atoms with Gasteiger partial charge in [0, 0.05) is 6.54 Å². The Balaban J connectivity index is 2.55. The standard InChI is InChI=1S/C6H12N4O3P4S/c1-2-3-9-6(11)4-5(18(9,12)13)7-8-10(4)17(15)16-14/h16H,2-3,14-15H2,1H3. The van der Waals surface area contributed by atoms with Crippen molar-refractivity contribution in [3.8, 4) is 0 Å². The lowest BCUT2D eigenvalue weighted by Gasteiger charge is -2.14. The zero-order valence-corrected chi connectivity index (χ0v) is 14.5. The van der Waals surface area contributed by atoms with Crippen LogP contribution in [-0.2, 0) is 10.0 Å². The van der Waals surface area contributed by atoms with E-state index >= 15 is 0 Å². The molecule has 0 fully saturated rings. The monoisotopic (exact) mass is 344 g/mol. The van der Waals surface area contributed by atoms with Gasteiger partial charge in [-0.3, -0.25) is 4.79 Å². The number of rotatable bonds is 4. The van der Waals surface area contributed by atoms with Gasteiger partial charge < -0.3 is 0 Å². The molecule has 1 amide bonds. The van der Waals surface area contributed by atoms with Crippen molar-refractivity contribution in [3.63, 3.8) is 0 Å². The van der Waals surface area contributed by atoms with E-state index < -0.39 is 23.4 Å². The minimum absolute atomic E-state index is 0.0968. The van der Waals surface area contributed by atoms with Crippen LogP contribution in [0.15, 0.2) is 5.03 Å². The van der Waals surface area contributed by atoms with Gasteiger partial charge in [0.15, 0.2) is 5.69 Å². The van der Waals surface area contributed by atoms with Crippen LogP contribution in [-0.4, -0.2) is 39.9 Å². The van der Waals surface area contributed by atoms with E-state index in [4.69, 9.17) is 0 Å². The average molecular weight is 344 g/mol. The number of carbonyl (C=O) groups is 1. The van der Waals surface area contributed by atoms with Gasteiger partial charge in [-0.25, -0.2) is 8.76 Å². The zero-order chi connectivity index (χ0) is 13.5. The first kappa shape index (κ1) is 14.7. The van der Waals surface area contributed by atoms with Crippen molar-refractivity contribution in [1.82, 2.24) is 19.1 Å². The maximum absolute atomic E-state index is 12.1. The Morgan fingerprint density at radius 1 is 1.50 bits per heavy atom. The SMILES string of the molecule is CCCN1C(=O)c2c(nnn2P(P)PP)S1(=O)=O. The van der Waals surface area contributed by atoms with Crippen molar-refractivity contribution in [1.29, 1.82) is 0 Å². The fourth-order valence-electron chi connectivity index (χ4n) is 1.57. The van der Waals surface area contributed by atoms with Crippen LogP contribution in [0.1, 0.15) is 23.8 Å². The van der Waals surface area contributed by atoms with Crippen molar-refractivity contribution in [2.45, 2.75) is 18.4 Å². The van der Waals surface area contributed by atoms with Crippen molar-refractivity contribution in [3.05, 3.63) is 5.69 Å². The third-order valence-electron chi connectivity index (χ3n) is 2.35. The van der Waals surface area contributed by atoms with E-state index in [1.807, 2.05) is 6.92 Å². The van der Waals surface area contributed by atoms with Crippen LogP contribution < -0.4 is 0 Å². The third kappa shape index (κ3) is 2.13. The van der Waals surface area contributed by atoms with E-state index in [1.54, 1.807) is 0 Å². The molecule has 4 unspecified atom stereocenters. The predicted octanol–water partition coefficient (Wildman–Crippen LogP) is 1.25. The summed E-state index contributed by atoms with van der Waals surface area (Å²) >= 11 is 0. The smallest absolute Gasteiger partial charge is 0.266 e. The van der Waals surface area contributed by atoms with Gasteiger partial charge in [0.25, 0.3) is 15.9 Å². The quantitative estimate of drug-likeness (QED) is 0.768. The second kappa shape index (κ2) is 5.34. The summed E-state index contributed by atoms with van der Waals surface area (Å²) in [5.74, 6) is -0.518. The number of amides is 1. The number of nitrogens with zero attached hydrogens (tertiary/aromatic N) is 4. The number of hydrogen-bond donors (Lipinski definition) is 0. The van der Waals surface area contributed by atoms with Gasteiger partial charge in [-0.15, -0.1) is 14.0 Å². The fraction of sp³-hybridized carbons (Fsp3) is 0.500. The van der Waals surface area contributed by atoms with E-state index in [1.165, 1.54) is 4.45 Å². The Morgan fingerprint density at radius 2 is 2.17 bits per heavy atom. The maximum Gasteiger partial charge on any atom is 0.289 e. The highest BCUT2D eigenvalue weighted by molar-refractivity contribution is 8.60. The fourth-order valence-corrected chi connectivity index (χ4v) is 5.98. The van der Waals surface area contributed by atoms with Gasteiger partial charge in [-0.1, -0.05) is 21.1 Å². The van der Waals surface area contributed by atoms with Crippen LogP contribution in [0, 0.1) is 0 Å². The van der Waals surface area contributed by atoms with Gasteiger partial charge in [-0.2, -0.15) is 8.42 Å². The van der Waals surface area contributed by atoms with Gasteiger partial charge >= 0.3 is 0 Å². The molecule has 18 heavy (non-hydrogen) atoms. The van der Waals surface area contributed by atoms with E-state index in [2.05, 4.69) is 28.2 Å². The molecule has 0 N–H and O–H groups in total. The van der Waals surface area contributed by atoms with E-state index in [0.29, 0.717) is 14.4 Å². The molecule has 4 atom stereocenters. The summed E-state index contributed by atoms with van der Waals surface area (Å²) in [7, 11) is 1.01. The lowest BCUT2D eigenvalue weighted by Crippen LogP contribution is -2.31. The number of sulfonamides is 1. The van der Waals surface area contributed by atoms with E-state index in [0.717, 1.165) is 4.31 Å². The summed E-state index contributed by atoms with van der Waals surface area (Å²) in [6.45, 7) is 1.99. The largest absolute Gasteiger partial charge is 0.289 e. The van der Waals surface area contributed by atoms with Crippen molar-refractivity contribution in [2.75, 3.05) is 6.54 Å². The third-order valence-corrected chi connectivity index (χ3v) is 13.4. The van der Waals surface area contributed by atoms with Gasteiger partial charge in [0.05, 0.1) is 7.45 Å². The molecule has 1 aliphatic heterocycles. The van der Waals surface area contributed by atoms with Crippen LogP contribution in [0.3, 0.4) is 0 Å². The average Bonchev–Trinajstić information content (AvgIpc) is 2.84. The Kier molecular flexibility index (Phi) is 4.36. The second-order valence-corrected chi connectivity index (χ2v) is 14.1. The predicted molar refractivity (Wildman–Crippen MR) is 78.6 cm³/mol. The Morgan fingerprint density at radius 3 is 2.72 bits per heavy atom. The number of aromatic nitrogens is 3. The minimum atomic E-state index is -3.79. The van der Waals surface area contributed by atoms with Crippen LogP contribution in [0.4, 0.5) is 0 Å². The molecule has 7 nitrogen and oxygen atoms in total. The molecule has 0 aliphatic carbocycles. The summed E-state index contributed by atoms with van der Waals surface area (Å²) < 4.78 is 26.5. The molecular weight excluding hydrogens is 332 g/mol. The zero-order valence-electron chi connectivity index (χ0n) is 9.44. The first-order chi connectivity index (χ1) is 8.45. The lowest BCUT2D eigenvalue weighted by molar-refractivity contribution is 0.0864. The van der Waals surface area contributed by atoms with Gasteiger partial charge in [-0.05, 0) is 14.4 Å². The molecule has 0 radical (unpaired) electrons. The highest BCUT2D eigenvalue weighted by atomic mass is 32.6. The molecule has 0 saturated carbocycles. The molecule has 0 spiro atoms. The van der Waals surface area contributed by atoms with Crippen molar-refractivity contribution < 1.29 is 13.2 Å². The molecule has 2 rings (SSSR count). The van der Waals surface area contributed by atoms with Crippen molar-refractivity contribution >= 4 is 49.2 Å².